The number of hydrogen-bond acceptors (Lipinski definition) is 5. The predicted molar refractivity (Wildman–Crippen MR) is 111 cm³/mol. The Morgan fingerprint density at radius 1 is 1.13 bits per heavy atom. The fourth-order valence-corrected chi connectivity index (χ4v) is 3.81. The van der Waals surface area contributed by atoms with E-state index in [9.17, 15) is 14.4 Å². The second-order valence-corrected chi connectivity index (χ2v) is 7.33. The minimum atomic E-state index is -0.713. The van der Waals surface area contributed by atoms with Gasteiger partial charge in [0, 0.05) is 18.2 Å². The Kier molecular flexibility index (Phi) is 5.27. The molecule has 0 saturated carbocycles. The van der Waals surface area contributed by atoms with Crippen molar-refractivity contribution >= 4 is 29.5 Å². The zero-order valence-electron chi connectivity index (χ0n) is 16.6. The van der Waals surface area contributed by atoms with Gasteiger partial charge in [-0.05, 0) is 54.3 Å². The Bertz CT molecular complexity index is 1030. The number of anilines is 1. The van der Waals surface area contributed by atoms with E-state index in [1.807, 2.05) is 31.2 Å². The largest absolute Gasteiger partial charge is 0.454 e. The van der Waals surface area contributed by atoms with Crippen LogP contribution < -0.4 is 20.1 Å². The lowest BCUT2D eigenvalue weighted by Gasteiger charge is -2.35. The average Bonchev–Trinajstić information content (AvgIpc) is 3.21. The van der Waals surface area contributed by atoms with E-state index in [1.165, 1.54) is 6.08 Å². The standard InChI is InChI=1S/C23H22N2O5/c1-2-23(12-11-21(27)25-22(23)28)16-5-7-17(8-6-16)24-20(26)10-4-15-3-9-18-19(13-15)30-14-29-18/h3-10,13H,2,11-12,14H2,1H3,(H,24,26)(H,25,27,28)/b10-4-/t23-/m0/s1. The van der Waals surface area contributed by atoms with Gasteiger partial charge in [-0.25, -0.2) is 0 Å². The predicted octanol–water partition coefficient (Wildman–Crippen LogP) is 3.15. The Labute approximate surface area is 174 Å². The van der Waals surface area contributed by atoms with E-state index in [2.05, 4.69) is 10.6 Å². The number of piperidine rings is 1. The highest BCUT2D eigenvalue weighted by Gasteiger charge is 2.42. The molecule has 2 aliphatic heterocycles. The molecule has 7 heteroatoms. The minimum Gasteiger partial charge on any atom is -0.454 e. The van der Waals surface area contributed by atoms with Crippen LogP contribution in [0.25, 0.3) is 6.08 Å². The molecule has 2 aromatic rings. The van der Waals surface area contributed by atoms with Crippen LogP contribution >= 0.6 is 0 Å². The van der Waals surface area contributed by atoms with Gasteiger partial charge in [0.1, 0.15) is 0 Å². The zero-order chi connectivity index (χ0) is 21.1. The molecule has 2 aliphatic rings. The molecule has 0 spiro atoms. The van der Waals surface area contributed by atoms with Gasteiger partial charge >= 0.3 is 0 Å². The second kappa shape index (κ2) is 8.02. The van der Waals surface area contributed by atoms with Crippen molar-refractivity contribution in [3.05, 3.63) is 59.7 Å². The van der Waals surface area contributed by atoms with E-state index in [4.69, 9.17) is 9.47 Å². The lowest BCUT2D eigenvalue weighted by Crippen LogP contribution is -2.51. The lowest BCUT2D eigenvalue weighted by atomic mass is 9.72. The van der Waals surface area contributed by atoms with E-state index in [0.29, 0.717) is 36.4 Å². The van der Waals surface area contributed by atoms with Crippen molar-refractivity contribution in [2.24, 2.45) is 0 Å². The molecule has 1 saturated heterocycles. The molecule has 4 rings (SSSR count). The molecular weight excluding hydrogens is 384 g/mol. The van der Waals surface area contributed by atoms with Crippen LogP contribution in [0.2, 0.25) is 0 Å². The number of fused-ring (bicyclic) bond motifs is 1. The van der Waals surface area contributed by atoms with Gasteiger partial charge in [0.25, 0.3) is 0 Å². The number of carbonyl (C=O) groups excluding carboxylic acids is 3. The number of imide groups is 1. The SMILES string of the molecule is CC[C@@]1(c2ccc(NC(=O)/C=C\c3ccc4c(c3)OCO4)cc2)CCC(=O)NC1=O. The molecule has 1 fully saturated rings. The van der Waals surface area contributed by atoms with Crippen molar-refractivity contribution in [1.29, 1.82) is 0 Å². The second-order valence-electron chi connectivity index (χ2n) is 7.33. The third kappa shape index (κ3) is 3.78. The Balaban J connectivity index is 1.42. The van der Waals surface area contributed by atoms with Crippen molar-refractivity contribution in [3.8, 4) is 11.5 Å². The van der Waals surface area contributed by atoms with E-state index in [0.717, 1.165) is 11.1 Å². The van der Waals surface area contributed by atoms with E-state index in [1.54, 1.807) is 24.3 Å². The number of carbonyl (C=O) groups is 3. The van der Waals surface area contributed by atoms with Gasteiger partial charge in [0.15, 0.2) is 11.5 Å². The van der Waals surface area contributed by atoms with Crippen LogP contribution in [0.15, 0.2) is 48.5 Å². The van der Waals surface area contributed by atoms with Gasteiger partial charge in [-0.15, -0.1) is 0 Å². The molecule has 0 aliphatic carbocycles. The maximum Gasteiger partial charge on any atom is 0.248 e. The molecule has 3 amide bonds. The number of hydrogen-bond donors (Lipinski definition) is 2. The van der Waals surface area contributed by atoms with Crippen LogP contribution in [-0.4, -0.2) is 24.5 Å². The maximum atomic E-state index is 12.5. The van der Waals surface area contributed by atoms with Crippen LogP contribution in [0.4, 0.5) is 5.69 Å². The van der Waals surface area contributed by atoms with Crippen LogP contribution in [0.3, 0.4) is 0 Å². The molecular formula is C23H22N2O5. The zero-order valence-corrected chi connectivity index (χ0v) is 16.6. The fourth-order valence-electron chi connectivity index (χ4n) is 3.81. The molecule has 2 N–H and O–H groups in total. The van der Waals surface area contributed by atoms with E-state index in [-0.39, 0.29) is 24.5 Å². The molecule has 7 nitrogen and oxygen atoms in total. The molecule has 2 heterocycles. The van der Waals surface area contributed by atoms with Crippen LogP contribution in [-0.2, 0) is 19.8 Å². The summed E-state index contributed by atoms with van der Waals surface area (Å²) in [5.41, 5.74) is 1.57. The summed E-state index contributed by atoms with van der Waals surface area (Å²) in [6.07, 6.45) is 4.54. The van der Waals surface area contributed by atoms with Crippen molar-refractivity contribution in [2.45, 2.75) is 31.6 Å². The first-order chi connectivity index (χ1) is 14.5. The summed E-state index contributed by atoms with van der Waals surface area (Å²) in [5, 5.41) is 5.25. The first-order valence-corrected chi connectivity index (χ1v) is 9.84. The molecule has 0 aromatic heterocycles. The summed E-state index contributed by atoms with van der Waals surface area (Å²) >= 11 is 0. The maximum absolute atomic E-state index is 12.5. The fraction of sp³-hybridized carbons (Fsp3) is 0.261. The van der Waals surface area contributed by atoms with Gasteiger partial charge in [0.05, 0.1) is 5.41 Å². The van der Waals surface area contributed by atoms with E-state index >= 15 is 0 Å². The van der Waals surface area contributed by atoms with Crippen molar-refractivity contribution in [1.82, 2.24) is 5.32 Å². The van der Waals surface area contributed by atoms with Crippen LogP contribution in [0.1, 0.15) is 37.3 Å². The van der Waals surface area contributed by atoms with Gasteiger partial charge < -0.3 is 14.8 Å². The first-order valence-electron chi connectivity index (χ1n) is 9.84. The van der Waals surface area contributed by atoms with Crippen molar-refractivity contribution in [3.63, 3.8) is 0 Å². The molecule has 154 valence electrons. The Morgan fingerprint density at radius 2 is 1.90 bits per heavy atom. The summed E-state index contributed by atoms with van der Waals surface area (Å²) in [6, 6.07) is 12.6. The van der Waals surface area contributed by atoms with Crippen LogP contribution in [0.5, 0.6) is 11.5 Å². The van der Waals surface area contributed by atoms with E-state index < -0.39 is 5.41 Å². The molecule has 0 radical (unpaired) electrons. The Hall–Kier alpha value is -3.61. The Morgan fingerprint density at radius 3 is 2.63 bits per heavy atom. The third-order valence-corrected chi connectivity index (χ3v) is 5.60. The number of ether oxygens (including phenoxy) is 2. The summed E-state index contributed by atoms with van der Waals surface area (Å²) in [5.74, 6) is 0.586. The molecule has 2 aromatic carbocycles. The highest BCUT2D eigenvalue weighted by Crippen LogP contribution is 2.36. The van der Waals surface area contributed by atoms with Gasteiger partial charge in [-0.1, -0.05) is 25.1 Å². The van der Waals surface area contributed by atoms with Crippen molar-refractivity contribution in [2.75, 3.05) is 12.1 Å². The smallest absolute Gasteiger partial charge is 0.248 e. The number of rotatable bonds is 5. The number of amides is 3. The topological polar surface area (TPSA) is 93.7 Å². The molecule has 30 heavy (non-hydrogen) atoms. The van der Waals surface area contributed by atoms with Crippen molar-refractivity contribution < 1.29 is 23.9 Å². The normalized spacial score (nSPS) is 20.3. The first kappa shape index (κ1) is 19.7. The summed E-state index contributed by atoms with van der Waals surface area (Å²) in [4.78, 5) is 36.2. The summed E-state index contributed by atoms with van der Waals surface area (Å²) in [6.45, 7) is 2.14. The highest BCUT2D eigenvalue weighted by molar-refractivity contribution is 6.04. The summed E-state index contributed by atoms with van der Waals surface area (Å²) < 4.78 is 10.6. The lowest BCUT2D eigenvalue weighted by molar-refractivity contribution is -0.138. The van der Waals surface area contributed by atoms with Crippen LogP contribution in [0, 0.1) is 0 Å². The quantitative estimate of drug-likeness (QED) is 0.588. The highest BCUT2D eigenvalue weighted by atomic mass is 16.7. The van der Waals surface area contributed by atoms with Gasteiger partial charge in [0.2, 0.25) is 24.5 Å². The molecule has 0 bridgehead atoms. The minimum absolute atomic E-state index is 0.205. The molecule has 0 unspecified atom stereocenters. The number of benzene rings is 2. The number of nitrogens with one attached hydrogen (secondary N) is 2. The molecule has 1 atom stereocenters. The monoisotopic (exact) mass is 406 g/mol. The third-order valence-electron chi connectivity index (χ3n) is 5.60. The van der Waals surface area contributed by atoms with Gasteiger partial charge in [-0.2, -0.15) is 0 Å². The summed E-state index contributed by atoms with van der Waals surface area (Å²) in [7, 11) is 0. The van der Waals surface area contributed by atoms with Gasteiger partial charge in [-0.3, -0.25) is 19.7 Å². The average molecular weight is 406 g/mol.